The van der Waals surface area contributed by atoms with Crippen molar-refractivity contribution in [1.29, 1.82) is 0 Å². The van der Waals surface area contributed by atoms with Crippen molar-refractivity contribution in [2.75, 3.05) is 43.4 Å². The third kappa shape index (κ3) is 5.86. The Morgan fingerprint density at radius 3 is 2.55 bits per heavy atom. The van der Waals surface area contributed by atoms with Crippen molar-refractivity contribution in [3.8, 4) is 11.5 Å². The standard InChI is InChI=1S/C25H26N10O.C3H4O/c1-16-12-17(4-7-22(16)36-18-5-6-21-19(13-18)31-32-34(21)3)29-24-23-20(27-15-28-24)14-26-25(30-23)35-10-8-33(2)9-11-35;1-2-3-4/h4-7,12-15H,8-11H2,1-3H3,(H,27,28,29);2-3H,1H2. The summed E-state index contributed by atoms with van der Waals surface area (Å²) in [6.07, 6.45) is 5.12. The Morgan fingerprint density at radius 2 is 1.80 bits per heavy atom. The van der Waals surface area contributed by atoms with Gasteiger partial charge in [-0.15, -0.1) is 5.10 Å². The van der Waals surface area contributed by atoms with Gasteiger partial charge in [0.1, 0.15) is 40.7 Å². The first-order valence-corrected chi connectivity index (χ1v) is 12.8. The highest BCUT2D eigenvalue weighted by Crippen LogP contribution is 2.30. The highest BCUT2D eigenvalue weighted by Gasteiger charge is 2.18. The van der Waals surface area contributed by atoms with E-state index in [2.05, 4.69) is 54.0 Å². The van der Waals surface area contributed by atoms with Gasteiger partial charge in [0, 0.05) is 45.0 Å². The van der Waals surface area contributed by atoms with E-state index in [1.54, 1.807) is 10.9 Å². The molecule has 2 aromatic carbocycles. The average molecular weight is 539 g/mol. The van der Waals surface area contributed by atoms with Gasteiger partial charge < -0.3 is 19.9 Å². The monoisotopic (exact) mass is 538 g/mol. The number of aldehydes is 1. The van der Waals surface area contributed by atoms with Crippen LogP contribution in [0.3, 0.4) is 0 Å². The zero-order valence-electron chi connectivity index (χ0n) is 22.7. The molecule has 0 saturated carbocycles. The van der Waals surface area contributed by atoms with Gasteiger partial charge in [0.05, 0.1) is 11.7 Å². The second-order valence-corrected chi connectivity index (χ2v) is 9.36. The number of nitrogens with zero attached hydrogens (tertiary/aromatic N) is 9. The number of nitrogens with one attached hydrogen (secondary N) is 1. The van der Waals surface area contributed by atoms with Crippen molar-refractivity contribution in [1.82, 2.24) is 39.8 Å². The van der Waals surface area contributed by atoms with Crippen LogP contribution in [0, 0.1) is 6.92 Å². The maximum atomic E-state index is 9.06. The summed E-state index contributed by atoms with van der Waals surface area (Å²) in [5.74, 6) is 2.81. The fourth-order valence-electron chi connectivity index (χ4n) is 4.28. The second-order valence-electron chi connectivity index (χ2n) is 9.36. The Morgan fingerprint density at radius 1 is 1.00 bits per heavy atom. The lowest BCUT2D eigenvalue weighted by Crippen LogP contribution is -2.45. The quantitative estimate of drug-likeness (QED) is 0.251. The van der Waals surface area contributed by atoms with Crippen molar-refractivity contribution >= 4 is 45.8 Å². The van der Waals surface area contributed by atoms with Gasteiger partial charge in [0.15, 0.2) is 5.82 Å². The van der Waals surface area contributed by atoms with Gasteiger partial charge in [0.2, 0.25) is 5.95 Å². The molecule has 40 heavy (non-hydrogen) atoms. The Bertz CT molecular complexity index is 1650. The minimum atomic E-state index is 0.638. The van der Waals surface area contributed by atoms with Gasteiger partial charge in [-0.3, -0.25) is 4.79 Å². The molecule has 1 saturated heterocycles. The van der Waals surface area contributed by atoms with Gasteiger partial charge >= 0.3 is 0 Å². The number of carbonyl (C=O) groups is 1. The smallest absolute Gasteiger partial charge is 0.226 e. The molecular formula is C28H30N10O2. The summed E-state index contributed by atoms with van der Waals surface area (Å²) in [6, 6.07) is 11.7. The van der Waals surface area contributed by atoms with E-state index >= 15 is 0 Å². The van der Waals surface area contributed by atoms with E-state index in [9.17, 15) is 0 Å². The van der Waals surface area contributed by atoms with Crippen LogP contribution in [0.2, 0.25) is 0 Å². The number of fused-ring (bicyclic) bond motifs is 2. The minimum absolute atomic E-state index is 0.638. The first kappa shape index (κ1) is 26.6. The maximum absolute atomic E-state index is 9.06. The Labute approximate surface area is 231 Å². The molecule has 6 rings (SSSR count). The SMILES string of the molecule is C=CC=O.Cc1cc(Nc2ncnc3cnc(N4CCN(C)CC4)nc23)ccc1Oc1ccc2c(c1)nnn2C. The lowest BCUT2D eigenvalue weighted by Gasteiger charge is -2.32. The van der Waals surface area contributed by atoms with Gasteiger partial charge in [0.25, 0.3) is 0 Å². The van der Waals surface area contributed by atoms with Crippen molar-refractivity contribution < 1.29 is 9.53 Å². The zero-order chi connectivity index (χ0) is 28.1. The van der Waals surface area contributed by atoms with Gasteiger partial charge in [-0.25, -0.2) is 24.6 Å². The summed E-state index contributed by atoms with van der Waals surface area (Å²) in [5, 5.41) is 11.6. The van der Waals surface area contributed by atoms with Crippen LogP contribution >= 0.6 is 0 Å². The molecule has 0 atom stereocenters. The molecule has 0 bridgehead atoms. The van der Waals surface area contributed by atoms with Gasteiger partial charge in [-0.2, -0.15) is 0 Å². The average Bonchev–Trinajstić information content (AvgIpc) is 3.34. The van der Waals surface area contributed by atoms with Crippen molar-refractivity contribution in [2.45, 2.75) is 6.92 Å². The van der Waals surface area contributed by atoms with Crippen LogP contribution in [-0.4, -0.2) is 79.3 Å². The summed E-state index contributed by atoms with van der Waals surface area (Å²) in [4.78, 5) is 31.7. The Balaban J connectivity index is 0.000000758. The Hall–Kier alpha value is -4.97. The van der Waals surface area contributed by atoms with Crippen molar-refractivity contribution in [2.24, 2.45) is 7.05 Å². The number of piperazine rings is 1. The molecule has 204 valence electrons. The molecule has 5 aromatic rings. The normalized spacial score (nSPS) is 13.5. The van der Waals surface area contributed by atoms with Crippen LogP contribution in [0.4, 0.5) is 17.5 Å². The largest absolute Gasteiger partial charge is 0.457 e. The third-order valence-corrected chi connectivity index (χ3v) is 6.49. The summed E-state index contributed by atoms with van der Waals surface area (Å²) < 4.78 is 7.87. The van der Waals surface area contributed by atoms with Crippen LogP contribution in [0.25, 0.3) is 22.1 Å². The molecule has 4 heterocycles. The predicted molar refractivity (Wildman–Crippen MR) is 154 cm³/mol. The van der Waals surface area contributed by atoms with E-state index in [0.29, 0.717) is 34.8 Å². The molecule has 1 N–H and O–H groups in total. The minimum Gasteiger partial charge on any atom is -0.457 e. The molecule has 0 unspecified atom stereocenters. The number of benzene rings is 2. The summed E-state index contributed by atoms with van der Waals surface area (Å²) in [7, 11) is 4.00. The number of allylic oxidation sites excluding steroid dienone is 1. The highest BCUT2D eigenvalue weighted by molar-refractivity contribution is 5.87. The molecule has 0 amide bonds. The van der Waals surface area contributed by atoms with Crippen LogP contribution < -0.4 is 15.0 Å². The van der Waals surface area contributed by atoms with E-state index in [-0.39, 0.29) is 0 Å². The number of hydrogen-bond donors (Lipinski definition) is 1. The van der Waals surface area contributed by atoms with Crippen LogP contribution in [-0.2, 0) is 11.8 Å². The number of aromatic nitrogens is 7. The molecule has 0 aliphatic carbocycles. The summed E-state index contributed by atoms with van der Waals surface area (Å²) in [5.41, 5.74) is 4.99. The molecule has 1 aliphatic rings. The van der Waals surface area contributed by atoms with Crippen LogP contribution in [0.5, 0.6) is 11.5 Å². The van der Waals surface area contributed by atoms with Crippen LogP contribution in [0.1, 0.15) is 5.56 Å². The molecule has 12 heteroatoms. The van der Waals surface area contributed by atoms with Gasteiger partial charge in [-0.05, 0) is 55.9 Å². The van der Waals surface area contributed by atoms with E-state index in [1.807, 2.05) is 50.4 Å². The molecular weight excluding hydrogens is 508 g/mol. The highest BCUT2D eigenvalue weighted by atomic mass is 16.5. The number of rotatable bonds is 6. The topological polar surface area (TPSA) is 127 Å². The molecule has 12 nitrogen and oxygen atoms in total. The van der Waals surface area contributed by atoms with E-state index in [0.717, 1.165) is 54.2 Å². The number of carbonyl (C=O) groups excluding carboxylic acids is 1. The fourth-order valence-corrected chi connectivity index (χ4v) is 4.28. The molecule has 1 aliphatic heterocycles. The fraction of sp³-hybridized carbons (Fsp3) is 0.250. The predicted octanol–water partition coefficient (Wildman–Crippen LogP) is 3.67. The van der Waals surface area contributed by atoms with E-state index in [4.69, 9.17) is 14.5 Å². The van der Waals surface area contributed by atoms with Crippen LogP contribution in [0.15, 0.2) is 61.6 Å². The van der Waals surface area contributed by atoms with Crippen molar-refractivity contribution in [3.05, 3.63) is 67.1 Å². The number of ether oxygens (including phenoxy) is 1. The third-order valence-electron chi connectivity index (χ3n) is 6.49. The molecule has 0 spiro atoms. The molecule has 1 fully saturated rings. The first-order valence-electron chi connectivity index (χ1n) is 12.8. The zero-order valence-corrected chi connectivity index (χ0v) is 22.7. The molecule has 0 radical (unpaired) electrons. The lowest BCUT2D eigenvalue weighted by molar-refractivity contribution is -0.104. The number of anilines is 3. The second kappa shape index (κ2) is 11.8. The number of aryl methyl sites for hydroxylation is 2. The first-order chi connectivity index (χ1) is 19.4. The summed E-state index contributed by atoms with van der Waals surface area (Å²) in [6.45, 7) is 8.87. The number of likely N-dealkylation sites (N-methyl/N-ethyl adjacent to an activating group) is 1. The van der Waals surface area contributed by atoms with E-state index in [1.165, 1.54) is 12.4 Å². The maximum Gasteiger partial charge on any atom is 0.226 e. The number of hydrogen-bond acceptors (Lipinski definition) is 11. The summed E-state index contributed by atoms with van der Waals surface area (Å²) >= 11 is 0. The Kier molecular flexibility index (Phi) is 7.87. The van der Waals surface area contributed by atoms with Gasteiger partial charge in [-0.1, -0.05) is 11.8 Å². The van der Waals surface area contributed by atoms with E-state index < -0.39 is 0 Å². The van der Waals surface area contributed by atoms with Crippen molar-refractivity contribution in [3.63, 3.8) is 0 Å². The molecule has 3 aromatic heterocycles. The lowest BCUT2D eigenvalue weighted by atomic mass is 10.2.